The van der Waals surface area contributed by atoms with Crippen LogP contribution in [0.15, 0.2) is 42.5 Å². The molecule has 0 amide bonds. The van der Waals surface area contributed by atoms with Gasteiger partial charge in [-0.15, -0.1) is 0 Å². The first-order valence-corrected chi connectivity index (χ1v) is 10.9. The molecule has 0 bridgehead atoms. The van der Waals surface area contributed by atoms with E-state index >= 15 is 0 Å². The number of methoxy groups -OCH3 is 2. The Balaban J connectivity index is 1.52. The third-order valence-electron chi connectivity index (χ3n) is 5.69. The van der Waals surface area contributed by atoms with Crippen LogP contribution in [0.5, 0.6) is 17.2 Å². The molecule has 3 rings (SSSR count). The molecule has 0 radical (unpaired) electrons. The standard InChI is InChI=1S/C25H36N2O4/c1-25(2,3)21-16-20(29-4)10-11-23(21)31-18-19(28)17-26-12-14-27(15-13-26)22-8-6-7-9-24(22)30-5/h6-11,16,19,28H,12-15,17-18H2,1-5H3/t19-/m1/s1. The van der Waals surface area contributed by atoms with Crippen molar-refractivity contribution in [3.8, 4) is 17.2 Å². The van der Waals surface area contributed by atoms with E-state index < -0.39 is 6.10 Å². The van der Waals surface area contributed by atoms with Crippen LogP contribution in [0.25, 0.3) is 0 Å². The van der Waals surface area contributed by atoms with Crippen molar-refractivity contribution in [2.24, 2.45) is 0 Å². The number of ether oxygens (including phenoxy) is 3. The average molecular weight is 429 g/mol. The summed E-state index contributed by atoms with van der Waals surface area (Å²) >= 11 is 0. The minimum Gasteiger partial charge on any atom is -0.497 e. The molecule has 1 saturated heterocycles. The zero-order valence-electron chi connectivity index (χ0n) is 19.4. The largest absolute Gasteiger partial charge is 0.497 e. The highest BCUT2D eigenvalue weighted by Gasteiger charge is 2.23. The van der Waals surface area contributed by atoms with Crippen LogP contribution in [0.3, 0.4) is 0 Å². The van der Waals surface area contributed by atoms with Crippen molar-refractivity contribution in [3.63, 3.8) is 0 Å². The number of aliphatic hydroxyl groups excluding tert-OH is 1. The second-order valence-corrected chi connectivity index (χ2v) is 9.04. The van der Waals surface area contributed by atoms with Gasteiger partial charge in [0.15, 0.2) is 0 Å². The quantitative estimate of drug-likeness (QED) is 0.694. The fourth-order valence-electron chi connectivity index (χ4n) is 3.95. The molecular formula is C25H36N2O4. The molecule has 170 valence electrons. The number of piperazine rings is 1. The first-order valence-electron chi connectivity index (χ1n) is 10.9. The number of rotatable bonds is 8. The van der Waals surface area contributed by atoms with Crippen molar-refractivity contribution in [3.05, 3.63) is 48.0 Å². The second kappa shape index (κ2) is 10.2. The van der Waals surface area contributed by atoms with E-state index in [4.69, 9.17) is 14.2 Å². The molecule has 1 atom stereocenters. The summed E-state index contributed by atoms with van der Waals surface area (Å²) in [5.74, 6) is 2.51. The minimum atomic E-state index is -0.548. The predicted octanol–water partition coefficient (Wildman–Crippen LogP) is 3.56. The summed E-state index contributed by atoms with van der Waals surface area (Å²) in [4.78, 5) is 4.63. The lowest BCUT2D eigenvalue weighted by Gasteiger charge is -2.37. The summed E-state index contributed by atoms with van der Waals surface area (Å²) in [6, 6.07) is 14.0. The smallest absolute Gasteiger partial charge is 0.142 e. The van der Waals surface area contributed by atoms with Gasteiger partial charge < -0.3 is 24.2 Å². The van der Waals surface area contributed by atoms with Gasteiger partial charge >= 0.3 is 0 Å². The Hall–Kier alpha value is -2.44. The molecule has 0 aromatic heterocycles. The summed E-state index contributed by atoms with van der Waals surface area (Å²) in [5, 5.41) is 10.6. The van der Waals surface area contributed by atoms with Gasteiger partial charge in [-0.3, -0.25) is 4.90 Å². The molecule has 0 aliphatic carbocycles. The lowest BCUT2D eigenvalue weighted by atomic mass is 9.86. The molecule has 31 heavy (non-hydrogen) atoms. The van der Waals surface area contributed by atoms with Crippen molar-refractivity contribution in [2.75, 3.05) is 58.5 Å². The number of hydrogen-bond donors (Lipinski definition) is 1. The number of benzene rings is 2. The maximum atomic E-state index is 10.6. The lowest BCUT2D eigenvalue weighted by molar-refractivity contribution is 0.0656. The Bertz CT molecular complexity index is 842. The summed E-state index contributed by atoms with van der Waals surface area (Å²) in [6.07, 6.45) is -0.548. The van der Waals surface area contributed by atoms with Gasteiger partial charge in [-0.05, 0) is 35.7 Å². The molecule has 6 heteroatoms. The second-order valence-electron chi connectivity index (χ2n) is 9.04. The van der Waals surface area contributed by atoms with Crippen LogP contribution in [0.2, 0.25) is 0 Å². The van der Waals surface area contributed by atoms with Gasteiger partial charge in [0, 0.05) is 38.3 Å². The topological polar surface area (TPSA) is 54.4 Å². The van der Waals surface area contributed by atoms with Crippen LogP contribution >= 0.6 is 0 Å². The zero-order valence-corrected chi connectivity index (χ0v) is 19.4. The first-order chi connectivity index (χ1) is 14.8. The van der Waals surface area contributed by atoms with E-state index in [1.165, 1.54) is 0 Å². The Kier molecular flexibility index (Phi) is 7.68. The van der Waals surface area contributed by atoms with E-state index in [1.54, 1.807) is 14.2 Å². The highest BCUT2D eigenvalue weighted by Crippen LogP contribution is 2.34. The van der Waals surface area contributed by atoms with Crippen molar-refractivity contribution in [2.45, 2.75) is 32.3 Å². The van der Waals surface area contributed by atoms with Gasteiger partial charge in [-0.2, -0.15) is 0 Å². The molecule has 0 spiro atoms. The van der Waals surface area contributed by atoms with Crippen molar-refractivity contribution < 1.29 is 19.3 Å². The molecule has 2 aromatic rings. The highest BCUT2D eigenvalue weighted by molar-refractivity contribution is 5.58. The third kappa shape index (κ3) is 6.05. The van der Waals surface area contributed by atoms with Crippen molar-refractivity contribution >= 4 is 5.69 Å². The predicted molar refractivity (Wildman–Crippen MR) is 125 cm³/mol. The molecule has 0 unspecified atom stereocenters. The zero-order chi connectivity index (χ0) is 22.4. The van der Waals surface area contributed by atoms with Gasteiger partial charge in [0.05, 0.1) is 19.9 Å². The fraction of sp³-hybridized carbons (Fsp3) is 0.520. The molecule has 2 aromatic carbocycles. The number of hydrogen-bond acceptors (Lipinski definition) is 6. The maximum absolute atomic E-state index is 10.6. The molecule has 1 fully saturated rings. The van der Waals surface area contributed by atoms with Crippen LogP contribution in [0.4, 0.5) is 5.69 Å². The van der Waals surface area contributed by atoms with Crippen LogP contribution in [0, 0.1) is 0 Å². The Morgan fingerprint density at radius 3 is 2.29 bits per heavy atom. The Morgan fingerprint density at radius 2 is 1.65 bits per heavy atom. The number of para-hydroxylation sites is 2. The SMILES string of the molecule is COc1ccc(OC[C@H](O)CN2CCN(c3ccccc3OC)CC2)c(C(C)(C)C)c1. The van der Waals surface area contributed by atoms with Crippen molar-refractivity contribution in [1.82, 2.24) is 4.90 Å². The van der Waals surface area contributed by atoms with E-state index in [0.717, 1.165) is 54.7 Å². The normalized spacial score (nSPS) is 16.1. The first kappa shape index (κ1) is 23.2. The molecule has 1 aliphatic heterocycles. The monoisotopic (exact) mass is 428 g/mol. The Morgan fingerprint density at radius 1 is 0.935 bits per heavy atom. The van der Waals surface area contributed by atoms with Crippen LogP contribution in [-0.2, 0) is 5.41 Å². The van der Waals surface area contributed by atoms with Gasteiger partial charge in [-0.1, -0.05) is 32.9 Å². The summed E-state index contributed by atoms with van der Waals surface area (Å²) in [7, 11) is 3.37. The molecule has 6 nitrogen and oxygen atoms in total. The van der Waals surface area contributed by atoms with Crippen LogP contribution in [-0.4, -0.2) is 69.7 Å². The van der Waals surface area contributed by atoms with Gasteiger partial charge in [0.25, 0.3) is 0 Å². The van der Waals surface area contributed by atoms with Crippen LogP contribution in [0.1, 0.15) is 26.3 Å². The third-order valence-corrected chi connectivity index (χ3v) is 5.69. The van der Waals surface area contributed by atoms with Gasteiger partial charge in [0.1, 0.15) is 30.0 Å². The van der Waals surface area contributed by atoms with E-state index in [9.17, 15) is 5.11 Å². The highest BCUT2D eigenvalue weighted by atomic mass is 16.5. The van der Waals surface area contributed by atoms with E-state index in [-0.39, 0.29) is 12.0 Å². The summed E-state index contributed by atoms with van der Waals surface area (Å²) in [5.41, 5.74) is 2.12. The molecule has 1 N–H and O–H groups in total. The Labute approximate surface area is 186 Å². The number of aliphatic hydroxyl groups is 1. The molecule has 0 saturated carbocycles. The van der Waals surface area contributed by atoms with E-state index in [0.29, 0.717) is 6.54 Å². The summed E-state index contributed by atoms with van der Waals surface area (Å²) < 4.78 is 16.9. The minimum absolute atomic E-state index is 0.0797. The molecular weight excluding hydrogens is 392 g/mol. The lowest BCUT2D eigenvalue weighted by Crippen LogP contribution is -2.49. The van der Waals surface area contributed by atoms with Gasteiger partial charge in [-0.25, -0.2) is 0 Å². The van der Waals surface area contributed by atoms with E-state index in [1.807, 2.05) is 36.4 Å². The average Bonchev–Trinajstić information content (AvgIpc) is 2.77. The molecule has 1 aliphatic rings. The fourth-order valence-corrected chi connectivity index (χ4v) is 3.95. The van der Waals surface area contributed by atoms with Gasteiger partial charge in [0.2, 0.25) is 0 Å². The maximum Gasteiger partial charge on any atom is 0.142 e. The number of β-amino-alcohol motifs (C(OH)–C–C–N with tert-alkyl or cyclic N) is 1. The number of anilines is 1. The number of nitrogens with zero attached hydrogens (tertiary/aromatic N) is 2. The van der Waals surface area contributed by atoms with Crippen LogP contribution < -0.4 is 19.1 Å². The van der Waals surface area contributed by atoms with Crippen molar-refractivity contribution in [1.29, 1.82) is 0 Å². The summed E-state index contributed by atoms with van der Waals surface area (Å²) in [6.45, 7) is 10.9. The van der Waals surface area contributed by atoms with E-state index in [2.05, 4.69) is 36.6 Å². The molecule has 1 heterocycles.